The second-order valence-corrected chi connectivity index (χ2v) is 3.14. The van der Waals surface area contributed by atoms with Gasteiger partial charge in [0.1, 0.15) is 11.5 Å². The number of furan rings is 1. The van der Waals surface area contributed by atoms with Crippen molar-refractivity contribution in [2.24, 2.45) is 0 Å². The van der Waals surface area contributed by atoms with Crippen molar-refractivity contribution in [3.05, 3.63) is 48.7 Å². The van der Waals surface area contributed by atoms with Crippen LogP contribution < -0.4 is 4.74 Å². The van der Waals surface area contributed by atoms with E-state index in [-0.39, 0.29) is 0 Å². The highest BCUT2D eigenvalue weighted by Crippen LogP contribution is 2.27. The van der Waals surface area contributed by atoms with Crippen LogP contribution in [0.2, 0.25) is 0 Å². The fourth-order valence-electron chi connectivity index (χ4n) is 1.49. The summed E-state index contributed by atoms with van der Waals surface area (Å²) >= 11 is 0. The summed E-state index contributed by atoms with van der Waals surface area (Å²) in [5.41, 5.74) is 1.99. The van der Waals surface area contributed by atoms with Gasteiger partial charge >= 0.3 is 0 Å². The van der Waals surface area contributed by atoms with Gasteiger partial charge in [0.05, 0.1) is 13.4 Å². The van der Waals surface area contributed by atoms with E-state index in [2.05, 4.69) is 6.58 Å². The van der Waals surface area contributed by atoms with Crippen molar-refractivity contribution in [2.75, 3.05) is 7.11 Å². The van der Waals surface area contributed by atoms with Gasteiger partial charge in [-0.15, -0.1) is 0 Å². The van der Waals surface area contributed by atoms with Crippen LogP contribution >= 0.6 is 0 Å². The van der Waals surface area contributed by atoms with Gasteiger partial charge in [-0.3, -0.25) is 0 Å². The van der Waals surface area contributed by atoms with Crippen molar-refractivity contribution in [1.29, 1.82) is 0 Å². The number of hydrogen-bond donors (Lipinski definition) is 0. The third kappa shape index (κ3) is 1.79. The highest BCUT2D eigenvalue weighted by Gasteiger charge is 2.04. The normalized spacial score (nSPS) is 9.93. The highest BCUT2D eigenvalue weighted by atomic mass is 16.5. The standard InChI is InChI=1S/C13H12O2/c1-3-10-9-11(6-7-12(10)14-2)13-5-4-8-15-13/h3-9H,1H2,2H3. The average molecular weight is 200 g/mol. The summed E-state index contributed by atoms with van der Waals surface area (Å²) in [6.07, 6.45) is 3.43. The Morgan fingerprint density at radius 2 is 2.20 bits per heavy atom. The molecule has 0 bridgehead atoms. The summed E-state index contributed by atoms with van der Waals surface area (Å²) in [5.74, 6) is 1.67. The number of ether oxygens (including phenoxy) is 1. The first-order valence-electron chi connectivity index (χ1n) is 4.69. The van der Waals surface area contributed by atoms with E-state index in [1.165, 1.54) is 0 Å². The zero-order valence-electron chi connectivity index (χ0n) is 8.57. The number of methoxy groups -OCH3 is 1. The molecule has 76 valence electrons. The molecule has 1 aromatic heterocycles. The first kappa shape index (κ1) is 9.59. The Bertz CT molecular complexity index is 455. The molecule has 0 aliphatic carbocycles. The van der Waals surface area contributed by atoms with Crippen molar-refractivity contribution in [3.63, 3.8) is 0 Å². The molecule has 15 heavy (non-hydrogen) atoms. The van der Waals surface area contributed by atoms with Crippen molar-refractivity contribution in [3.8, 4) is 17.1 Å². The first-order chi connectivity index (χ1) is 7.35. The van der Waals surface area contributed by atoms with E-state index in [4.69, 9.17) is 9.15 Å². The molecule has 2 rings (SSSR count). The molecule has 0 saturated heterocycles. The van der Waals surface area contributed by atoms with E-state index >= 15 is 0 Å². The Kier molecular flexibility index (Phi) is 2.59. The summed E-state index contributed by atoms with van der Waals surface area (Å²) in [6, 6.07) is 9.66. The molecule has 1 heterocycles. The number of benzene rings is 1. The van der Waals surface area contributed by atoms with Gasteiger partial charge < -0.3 is 9.15 Å². The van der Waals surface area contributed by atoms with Crippen molar-refractivity contribution in [1.82, 2.24) is 0 Å². The van der Waals surface area contributed by atoms with Crippen molar-refractivity contribution in [2.45, 2.75) is 0 Å². The molecule has 0 radical (unpaired) electrons. The third-order valence-electron chi connectivity index (χ3n) is 2.26. The van der Waals surface area contributed by atoms with Crippen LogP contribution in [0.3, 0.4) is 0 Å². The molecular weight excluding hydrogens is 188 g/mol. The smallest absolute Gasteiger partial charge is 0.133 e. The molecule has 0 unspecified atom stereocenters. The van der Waals surface area contributed by atoms with Gasteiger partial charge in [0.2, 0.25) is 0 Å². The maximum atomic E-state index is 5.32. The summed E-state index contributed by atoms with van der Waals surface area (Å²) in [5, 5.41) is 0. The molecule has 0 amide bonds. The van der Waals surface area contributed by atoms with Crippen molar-refractivity contribution < 1.29 is 9.15 Å². The molecule has 0 saturated carbocycles. The van der Waals surface area contributed by atoms with E-state index in [0.717, 1.165) is 22.6 Å². The Labute approximate surface area is 88.8 Å². The van der Waals surface area contributed by atoms with Crippen LogP contribution in [0.4, 0.5) is 0 Å². The quantitative estimate of drug-likeness (QED) is 0.755. The minimum Gasteiger partial charge on any atom is -0.496 e. The monoisotopic (exact) mass is 200 g/mol. The molecule has 1 aromatic carbocycles. The Morgan fingerprint density at radius 1 is 1.33 bits per heavy atom. The van der Waals surface area contributed by atoms with Gasteiger partial charge in [-0.2, -0.15) is 0 Å². The largest absolute Gasteiger partial charge is 0.496 e. The number of rotatable bonds is 3. The van der Waals surface area contributed by atoms with E-state index in [1.807, 2.05) is 30.3 Å². The molecule has 0 aliphatic heterocycles. The number of hydrogen-bond acceptors (Lipinski definition) is 2. The van der Waals surface area contributed by atoms with Crippen LogP contribution in [0, 0.1) is 0 Å². The van der Waals surface area contributed by atoms with Gasteiger partial charge in [-0.25, -0.2) is 0 Å². The van der Waals surface area contributed by atoms with Gasteiger partial charge in [0, 0.05) is 11.1 Å². The summed E-state index contributed by atoms with van der Waals surface area (Å²) in [6.45, 7) is 3.75. The van der Waals surface area contributed by atoms with Crippen LogP contribution in [0.25, 0.3) is 17.4 Å². The Balaban J connectivity index is 2.48. The minimum absolute atomic E-state index is 0.820. The van der Waals surface area contributed by atoms with Gasteiger partial charge in [0.15, 0.2) is 0 Å². The average Bonchev–Trinajstić information content (AvgIpc) is 2.81. The van der Waals surface area contributed by atoms with E-state index in [9.17, 15) is 0 Å². The minimum atomic E-state index is 0.820. The maximum Gasteiger partial charge on any atom is 0.133 e. The second kappa shape index (κ2) is 4.05. The van der Waals surface area contributed by atoms with Gasteiger partial charge in [-0.05, 0) is 30.3 Å². The molecule has 2 heteroatoms. The molecule has 0 N–H and O–H groups in total. The van der Waals surface area contributed by atoms with Crippen LogP contribution in [-0.2, 0) is 0 Å². The lowest BCUT2D eigenvalue weighted by molar-refractivity contribution is 0.414. The SMILES string of the molecule is C=Cc1cc(-c2ccco2)ccc1OC. The molecule has 0 fully saturated rings. The molecule has 2 aromatic rings. The van der Waals surface area contributed by atoms with Crippen LogP contribution in [0.1, 0.15) is 5.56 Å². The fourth-order valence-corrected chi connectivity index (χ4v) is 1.49. The van der Waals surface area contributed by atoms with E-state index in [0.29, 0.717) is 0 Å². The Hall–Kier alpha value is -1.96. The molecule has 0 spiro atoms. The topological polar surface area (TPSA) is 22.4 Å². The zero-order chi connectivity index (χ0) is 10.7. The molecule has 2 nitrogen and oxygen atoms in total. The molecule has 0 aliphatic rings. The first-order valence-corrected chi connectivity index (χ1v) is 4.69. The summed E-state index contributed by atoms with van der Waals surface area (Å²) in [7, 11) is 1.65. The van der Waals surface area contributed by atoms with Crippen LogP contribution in [0.5, 0.6) is 5.75 Å². The Morgan fingerprint density at radius 3 is 2.80 bits per heavy atom. The lowest BCUT2D eigenvalue weighted by Crippen LogP contribution is -1.87. The molecular formula is C13H12O2. The fraction of sp³-hybridized carbons (Fsp3) is 0.0769. The van der Waals surface area contributed by atoms with Gasteiger partial charge in [-0.1, -0.05) is 12.7 Å². The zero-order valence-corrected chi connectivity index (χ0v) is 8.57. The van der Waals surface area contributed by atoms with E-state index in [1.54, 1.807) is 19.4 Å². The van der Waals surface area contributed by atoms with Crippen molar-refractivity contribution >= 4 is 6.08 Å². The molecule has 0 atom stereocenters. The highest BCUT2D eigenvalue weighted by molar-refractivity contribution is 5.66. The van der Waals surface area contributed by atoms with Crippen LogP contribution in [-0.4, -0.2) is 7.11 Å². The summed E-state index contributed by atoms with van der Waals surface area (Å²) < 4.78 is 10.5. The third-order valence-corrected chi connectivity index (χ3v) is 2.26. The second-order valence-electron chi connectivity index (χ2n) is 3.14. The predicted octanol–water partition coefficient (Wildman–Crippen LogP) is 3.60. The lowest BCUT2D eigenvalue weighted by atomic mass is 10.1. The predicted molar refractivity (Wildman–Crippen MR) is 60.8 cm³/mol. The summed E-state index contributed by atoms with van der Waals surface area (Å²) in [4.78, 5) is 0. The lowest BCUT2D eigenvalue weighted by Gasteiger charge is -2.05. The maximum absolute atomic E-state index is 5.32. The van der Waals surface area contributed by atoms with E-state index < -0.39 is 0 Å². The van der Waals surface area contributed by atoms with Crippen LogP contribution in [0.15, 0.2) is 47.6 Å². The van der Waals surface area contributed by atoms with Gasteiger partial charge in [0.25, 0.3) is 0 Å².